The standard InChI is InChI=1S/C11H19NO5/c1-16-6-9(11(14)15)12-10(13)7-17-8-4-2-3-5-8/h8-9H,2-7H2,1H3,(H,12,13)(H,14,15). The lowest BCUT2D eigenvalue weighted by Crippen LogP contribution is -2.45. The van der Waals surface area contributed by atoms with Gasteiger partial charge in [-0.2, -0.15) is 0 Å². The third-order valence-corrected chi connectivity index (χ3v) is 2.72. The molecule has 0 aliphatic heterocycles. The van der Waals surface area contributed by atoms with Crippen molar-refractivity contribution in [2.45, 2.75) is 37.8 Å². The molecule has 0 aromatic heterocycles. The summed E-state index contributed by atoms with van der Waals surface area (Å²) in [7, 11) is 1.39. The Labute approximate surface area is 100 Å². The van der Waals surface area contributed by atoms with Gasteiger partial charge < -0.3 is 19.9 Å². The Morgan fingerprint density at radius 3 is 2.59 bits per heavy atom. The van der Waals surface area contributed by atoms with Gasteiger partial charge in [-0.15, -0.1) is 0 Å². The molecule has 0 radical (unpaired) electrons. The van der Waals surface area contributed by atoms with E-state index in [9.17, 15) is 9.59 Å². The van der Waals surface area contributed by atoms with Crippen LogP contribution >= 0.6 is 0 Å². The summed E-state index contributed by atoms with van der Waals surface area (Å²) in [6, 6.07) is -1.01. The maximum atomic E-state index is 11.4. The van der Waals surface area contributed by atoms with Gasteiger partial charge in [-0.1, -0.05) is 12.8 Å². The van der Waals surface area contributed by atoms with Crippen LogP contribution in [0.15, 0.2) is 0 Å². The van der Waals surface area contributed by atoms with E-state index in [1.165, 1.54) is 7.11 Å². The number of carboxylic acid groups (broad SMARTS) is 1. The Balaban J connectivity index is 2.23. The molecule has 0 aromatic rings. The van der Waals surface area contributed by atoms with Gasteiger partial charge in [0.1, 0.15) is 6.61 Å². The third kappa shape index (κ3) is 5.14. The van der Waals surface area contributed by atoms with E-state index in [4.69, 9.17) is 14.6 Å². The van der Waals surface area contributed by atoms with Gasteiger partial charge >= 0.3 is 5.97 Å². The molecule has 17 heavy (non-hydrogen) atoms. The van der Waals surface area contributed by atoms with Gasteiger partial charge in [0, 0.05) is 7.11 Å². The fourth-order valence-electron chi connectivity index (χ4n) is 1.83. The van der Waals surface area contributed by atoms with Gasteiger partial charge in [0.2, 0.25) is 5.91 Å². The van der Waals surface area contributed by atoms with E-state index >= 15 is 0 Å². The van der Waals surface area contributed by atoms with Crippen LogP contribution < -0.4 is 5.32 Å². The second-order valence-corrected chi connectivity index (χ2v) is 4.13. The molecule has 98 valence electrons. The maximum absolute atomic E-state index is 11.4. The molecule has 0 bridgehead atoms. The van der Waals surface area contributed by atoms with Crippen LogP contribution in [0, 0.1) is 0 Å². The van der Waals surface area contributed by atoms with Crippen LogP contribution in [0.3, 0.4) is 0 Å². The van der Waals surface area contributed by atoms with E-state index in [2.05, 4.69) is 5.32 Å². The molecule has 1 aliphatic rings. The molecule has 1 amide bonds. The van der Waals surface area contributed by atoms with Crippen LogP contribution in [-0.4, -0.2) is 49.5 Å². The highest BCUT2D eigenvalue weighted by Crippen LogP contribution is 2.20. The number of carboxylic acids is 1. The molecule has 2 N–H and O–H groups in total. The Hall–Kier alpha value is -1.14. The summed E-state index contributed by atoms with van der Waals surface area (Å²) in [5, 5.41) is 11.2. The number of ether oxygens (including phenoxy) is 2. The van der Waals surface area contributed by atoms with Gasteiger partial charge in [0.15, 0.2) is 6.04 Å². The fourth-order valence-corrected chi connectivity index (χ4v) is 1.83. The number of carbonyl (C=O) groups is 2. The molecule has 0 saturated heterocycles. The van der Waals surface area contributed by atoms with Crippen molar-refractivity contribution in [3.63, 3.8) is 0 Å². The van der Waals surface area contributed by atoms with Crippen LogP contribution in [-0.2, 0) is 19.1 Å². The number of methoxy groups -OCH3 is 1. The summed E-state index contributed by atoms with van der Waals surface area (Å²) < 4.78 is 10.1. The minimum atomic E-state index is -1.11. The highest BCUT2D eigenvalue weighted by Gasteiger charge is 2.21. The highest BCUT2D eigenvalue weighted by atomic mass is 16.5. The Kier molecular flexibility index (Phi) is 5.93. The monoisotopic (exact) mass is 245 g/mol. The average Bonchev–Trinajstić information content (AvgIpc) is 2.78. The number of rotatable bonds is 7. The smallest absolute Gasteiger partial charge is 0.328 e. The normalized spacial score (nSPS) is 17.9. The number of hydrogen-bond acceptors (Lipinski definition) is 4. The summed E-state index contributed by atoms with van der Waals surface area (Å²) in [5.41, 5.74) is 0. The molecule has 0 spiro atoms. The summed E-state index contributed by atoms with van der Waals surface area (Å²) in [4.78, 5) is 22.2. The highest BCUT2D eigenvalue weighted by molar-refractivity contribution is 5.84. The van der Waals surface area contributed by atoms with Crippen molar-refractivity contribution in [3.8, 4) is 0 Å². The molecule has 1 unspecified atom stereocenters. The second-order valence-electron chi connectivity index (χ2n) is 4.13. The molecule has 1 atom stereocenters. The molecule has 0 heterocycles. The summed E-state index contributed by atoms with van der Waals surface area (Å²) >= 11 is 0. The zero-order chi connectivity index (χ0) is 12.7. The van der Waals surface area contributed by atoms with Crippen molar-refractivity contribution in [1.82, 2.24) is 5.32 Å². The number of aliphatic carboxylic acids is 1. The Bertz CT molecular complexity index is 263. The maximum Gasteiger partial charge on any atom is 0.328 e. The van der Waals surface area contributed by atoms with Crippen LogP contribution in [0.2, 0.25) is 0 Å². The first-order valence-corrected chi connectivity index (χ1v) is 5.76. The summed E-state index contributed by atoms with van der Waals surface area (Å²) in [6.07, 6.45) is 4.37. The minimum Gasteiger partial charge on any atom is -0.480 e. The van der Waals surface area contributed by atoms with E-state index in [1.54, 1.807) is 0 Å². The first-order chi connectivity index (χ1) is 8.13. The Morgan fingerprint density at radius 1 is 1.41 bits per heavy atom. The van der Waals surface area contributed by atoms with Crippen molar-refractivity contribution in [1.29, 1.82) is 0 Å². The first kappa shape index (κ1) is 13.9. The van der Waals surface area contributed by atoms with Crippen molar-refractivity contribution in [2.24, 2.45) is 0 Å². The van der Waals surface area contributed by atoms with Crippen LogP contribution in [0.4, 0.5) is 0 Å². The molecule has 1 aliphatic carbocycles. The van der Waals surface area contributed by atoms with Crippen LogP contribution in [0.5, 0.6) is 0 Å². The van der Waals surface area contributed by atoms with Crippen LogP contribution in [0.25, 0.3) is 0 Å². The van der Waals surface area contributed by atoms with Crippen molar-refractivity contribution in [2.75, 3.05) is 20.3 Å². The molecule has 1 saturated carbocycles. The molecular weight excluding hydrogens is 226 g/mol. The molecule has 0 aromatic carbocycles. The zero-order valence-corrected chi connectivity index (χ0v) is 9.98. The van der Waals surface area contributed by atoms with Crippen molar-refractivity contribution < 1.29 is 24.2 Å². The average molecular weight is 245 g/mol. The van der Waals surface area contributed by atoms with Crippen LogP contribution in [0.1, 0.15) is 25.7 Å². The Morgan fingerprint density at radius 2 is 2.06 bits per heavy atom. The molecule has 1 rings (SSSR count). The lowest BCUT2D eigenvalue weighted by atomic mass is 10.3. The molecule has 1 fully saturated rings. The first-order valence-electron chi connectivity index (χ1n) is 5.76. The molecule has 6 nitrogen and oxygen atoms in total. The fraction of sp³-hybridized carbons (Fsp3) is 0.818. The number of carbonyl (C=O) groups excluding carboxylic acids is 1. The topological polar surface area (TPSA) is 84.9 Å². The summed E-state index contributed by atoms with van der Waals surface area (Å²) in [5.74, 6) is -1.53. The van der Waals surface area contributed by atoms with E-state index < -0.39 is 17.9 Å². The predicted molar refractivity (Wildman–Crippen MR) is 59.7 cm³/mol. The summed E-state index contributed by atoms with van der Waals surface area (Å²) in [6.45, 7) is -0.136. The number of nitrogens with one attached hydrogen (secondary N) is 1. The minimum absolute atomic E-state index is 0.0511. The van der Waals surface area contributed by atoms with Gasteiger partial charge in [0.25, 0.3) is 0 Å². The number of amides is 1. The van der Waals surface area contributed by atoms with E-state index in [-0.39, 0.29) is 19.3 Å². The zero-order valence-electron chi connectivity index (χ0n) is 9.98. The van der Waals surface area contributed by atoms with Crippen molar-refractivity contribution in [3.05, 3.63) is 0 Å². The molecular formula is C11H19NO5. The van der Waals surface area contributed by atoms with E-state index in [1.807, 2.05) is 0 Å². The quantitative estimate of drug-likeness (QED) is 0.667. The van der Waals surface area contributed by atoms with E-state index in [0.29, 0.717) is 0 Å². The van der Waals surface area contributed by atoms with Gasteiger partial charge in [-0.05, 0) is 12.8 Å². The van der Waals surface area contributed by atoms with Gasteiger partial charge in [0.05, 0.1) is 12.7 Å². The molecule has 6 heteroatoms. The van der Waals surface area contributed by atoms with E-state index in [0.717, 1.165) is 25.7 Å². The SMILES string of the molecule is COCC(NC(=O)COC1CCCC1)C(=O)O. The largest absolute Gasteiger partial charge is 0.480 e. The second kappa shape index (κ2) is 7.24. The van der Waals surface area contributed by atoms with Gasteiger partial charge in [-0.25, -0.2) is 4.79 Å². The van der Waals surface area contributed by atoms with Crippen molar-refractivity contribution >= 4 is 11.9 Å². The third-order valence-electron chi connectivity index (χ3n) is 2.72. The lowest BCUT2D eigenvalue weighted by molar-refractivity contribution is -0.144. The van der Waals surface area contributed by atoms with Gasteiger partial charge in [-0.3, -0.25) is 4.79 Å². The predicted octanol–water partition coefficient (Wildman–Crippen LogP) is 0.161. The lowest BCUT2D eigenvalue weighted by Gasteiger charge is -2.15. The number of hydrogen-bond donors (Lipinski definition) is 2.